The summed E-state index contributed by atoms with van der Waals surface area (Å²) < 4.78 is 0.992. The van der Waals surface area contributed by atoms with Crippen molar-refractivity contribution in [3.63, 3.8) is 0 Å². The van der Waals surface area contributed by atoms with Crippen LogP contribution in [-0.4, -0.2) is 21.2 Å². The van der Waals surface area contributed by atoms with Crippen LogP contribution < -0.4 is 10.9 Å². The van der Waals surface area contributed by atoms with E-state index in [1.54, 1.807) is 36.4 Å². The van der Waals surface area contributed by atoms with Gasteiger partial charge in [0.1, 0.15) is 0 Å². The molecule has 28 heavy (non-hydrogen) atoms. The van der Waals surface area contributed by atoms with Gasteiger partial charge in [0, 0.05) is 28.9 Å². The van der Waals surface area contributed by atoms with Gasteiger partial charge in [-0.2, -0.15) is 0 Å². The number of hydrogen-bond acceptors (Lipinski definition) is 5. The van der Waals surface area contributed by atoms with E-state index >= 15 is 0 Å². The van der Waals surface area contributed by atoms with Crippen molar-refractivity contribution in [1.82, 2.24) is 4.57 Å². The SMILES string of the molecule is O=C(Cn1cc([N+](=O)[O-])ccc1=O)c1ccc(NC(=O)c2ccccc2)cc1. The first kappa shape index (κ1) is 18.7. The fraction of sp³-hybridized carbons (Fsp3) is 0.0500. The zero-order chi connectivity index (χ0) is 20.1. The second-order valence-electron chi connectivity index (χ2n) is 5.93. The number of carbonyl (C=O) groups excluding carboxylic acids is 2. The van der Waals surface area contributed by atoms with Gasteiger partial charge in [0.25, 0.3) is 17.2 Å². The van der Waals surface area contributed by atoms with Crippen molar-refractivity contribution in [2.24, 2.45) is 0 Å². The van der Waals surface area contributed by atoms with E-state index < -0.39 is 10.5 Å². The van der Waals surface area contributed by atoms with Crippen molar-refractivity contribution in [3.8, 4) is 0 Å². The predicted octanol–water partition coefficient (Wildman–Crippen LogP) is 2.89. The van der Waals surface area contributed by atoms with E-state index in [2.05, 4.69) is 5.32 Å². The molecule has 8 heteroatoms. The van der Waals surface area contributed by atoms with Gasteiger partial charge in [-0.15, -0.1) is 0 Å². The number of rotatable bonds is 6. The average molecular weight is 377 g/mol. The molecule has 0 spiro atoms. The molecule has 1 N–H and O–H groups in total. The standard InChI is InChI=1S/C20H15N3O5/c24-18(13-22-12-17(23(27)28)10-11-19(22)25)14-6-8-16(9-7-14)21-20(26)15-4-2-1-3-5-15/h1-12H,13H2,(H,21,26). The quantitative estimate of drug-likeness (QED) is 0.403. The van der Waals surface area contributed by atoms with E-state index in [-0.39, 0.29) is 23.9 Å². The minimum atomic E-state index is -0.634. The Balaban J connectivity index is 1.70. The van der Waals surface area contributed by atoms with E-state index in [0.717, 1.165) is 22.9 Å². The summed E-state index contributed by atoms with van der Waals surface area (Å²) in [7, 11) is 0. The summed E-state index contributed by atoms with van der Waals surface area (Å²) in [5.41, 5.74) is 0.554. The summed E-state index contributed by atoms with van der Waals surface area (Å²) in [6.07, 6.45) is 1.04. The average Bonchev–Trinajstić information content (AvgIpc) is 2.70. The Kier molecular flexibility index (Phi) is 5.40. The Hall–Kier alpha value is -4.07. The Bertz CT molecular complexity index is 1090. The van der Waals surface area contributed by atoms with Gasteiger partial charge in [-0.05, 0) is 36.4 Å². The van der Waals surface area contributed by atoms with Gasteiger partial charge >= 0.3 is 0 Å². The molecule has 0 unspecified atom stereocenters. The highest BCUT2D eigenvalue weighted by Gasteiger charge is 2.12. The highest BCUT2D eigenvalue weighted by Crippen LogP contribution is 2.13. The molecule has 0 fully saturated rings. The van der Waals surface area contributed by atoms with Crippen molar-refractivity contribution >= 4 is 23.1 Å². The van der Waals surface area contributed by atoms with Crippen LogP contribution in [0.2, 0.25) is 0 Å². The number of nitrogens with one attached hydrogen (secondary N) is 1. The van der Waals surface area contributed by atoms with E-state index in [9.17, 15) is 24.5 Å². The Labute approximate surface area is 159 Å². The fourth-order valence-electron chi connectivity index (χ4n) is 2.53. The number of hydrogen-bond donors (Lipinski definition) is 1. The lowest BCUT2D eigenvalue weighted by atomic mass is 10.1. The number of pyridine rings is 1. The van der Waals surface area contributed by atoms with Crippen LogP contribution in [0.4, 0.5) is 11.4 Å². The summed E-state index contributed by atoms with van der Waals surface area (Å²) in [4.78, 5) is 46.5. The molecule has 0 radical (unpaired) electrons. The van der Waals surface area contributed by atoms with E-state index in [4.69, 9.17) is 0 Å². The molecule has 3 aromatic rings. The van der Waals surface area contributed by atoms with Crippen LogP contribution >= 0.6 is 0 Å². The number of anilines is 1. The maximum Gasteiger partial charge on any atom is 0.285 e. The molecule has 3 rings (SSSR count). The first-order chi connectivity index (χ1) is 13.4. The van der Waals surface area contributed by atoms with Crippen molar-refractivity contribution in [1.29, 1.82) is 0 Å². The van der Waals surface area contributed by atoms with Crippen molar-refractivity contribution in [2.45, 2.75) is 6.54 Å². The van der Waals surface area contributed by atoms with Crippen LogP contribution in [0.15, 0.2) is 77.7 Å². The molecule has 1 aromatic heterocycles. The first-order valence-electron chi connectivity index (χ1n) is 8.28. The van der Waals surface area contributed by atoms with Crippen molar-refractivity contribution < 1.29 is 14.5 Å². The molecule has 0 saturated carbocycles. The highest BCUT2D eigenvalue weighted by molar-refractivity contribution is 6.04. The molecule has 0 aliphatic carbocycles. The molecule has 0 bridgehead atoms. The number of amides is 1. The predicted molar refractivity (Wildman–Crippen MR) is 103 cm³/mol. The van der Waals surface area contributed by atoms with Gasteiger partial charge in [-0.25, -0.2) is 0 Å². The second kappa shape index (κ2) is 8.09. The second-order valence-corrected chi connectivity index (χ2v) is 5.93. The molecule has 1 amide bonds. The molecule has 0 aliphatic rings. The van der Waals surface area contributed by atoms with Gasteiger partial charge in [0.2, 0.25) is 0 Å². The molecule has 0 atom stereocenters. The van der Waals surface area contributed by atoms with Gasteiger partial charge in [-0.3, -0.25) is 24.5 Å². The third-order valence-corrected chi connectivity index (χ3v) is 3.99. The topological polar surface area (TPSA) is 111 Å². The lowest BCUT2D eigenvalue weighted by molar-refractivity contribution is -0.385. The Morgan fingerprint density at radius 2 is 1.61 bits per heavy atom. The minimum absolute atomic E-state index is 0.272. The van der Waals surface area contributed by atoms with Crippen LogP contribution in [0.25, 0.3) is 0 Å². The van der Waals surface area contributed by atoms with Gasteiger partial charge in [-0.1, -0.05) is 18.2 Å². The lowest BCUT2D eigenvalue weighted by Crippen LogP contribution is -2.23. The Morgan fingerprint density at radius 1 is 0.929 bits per heavy atom. The summed E-state index contributed by atoms with van der Waals surface area (Å²) in [6, 6.07) is 17.0. The molecule has 0 aliphatic heterocycles. The lowest BCUT2D eigenvalue weighted by Gasteiger charge is -2.07. The summed E-state index contributed by atoms with van der Waals surface area (Å²) in [5.74, 6) is -0.661. The summed E-state index contributed by atoms with van der Waals surface area (Å²) in [6.45, 7) is -0.323. The molecule has 8 nitrogen and oxygen atoms in total. The largest absolute Gasteiger partial charge is 0.322 e. The zero-order valence-electron chi connectivity index (χ0n) is 14.6. The Morgan fingerprint density at radius 3 is 2.25 bits per heavy atom. The maximum absolute atomic E-state index is 12.4. The van der Waals surface area contributed by atoms with Crippen LogP contribution in [0, 0.1) is 10.1 Å². The molecule has 0 saturated heterocycles. The number of Topliss-reactive ketones (excluding diaryl/α,β-unsaturated/α-hetero) is 1. The summed E-state index contributed by atoms with van der Waals surface area (Å²) in [5, 5.41) is 13.5. The monoisotopic (exact) mass is 377 g/mol. The smallest absolute Gasteiger partial charge is 0.285 e. The number of carbonyl (C=O) groups is 2. The first-order valence-corrected chi connectivity index (χ1v) is 8.28. The molecule has 140 valence electrons. The third-order valence-electron chi connectivity index (χ3n) is 3.99. The number of aromatic nitrogens is 1. The zero-order valence-corrected chi connectivity index (χ0v) is 14.6. The maximum atomic E-state index is 12.4. The van der Waals surface area contributed by atoms with Crippen LogP contribution in [0.5, 0.6) is 0 Å². The fourth-order valence-corrected chi connectivity index (χ4v) is 2.53. The van der Waals surface area contributed by atoms with Crippen LogP contribution in [0.1, 0.15) is 20.7 Å². The third kappa shape index (κ3) is 4.36. The number of nitro groups is 1. The van der Waals surface area contributed by atoms with Crippen LogP contribution in [-0.2, 0) is 6.54 Å². The van der Waals surface area contributed by atoms with E-state index in [1.165, 1.54) is 12.1 Å². The number of nitrogens with zero attached hydrogens (tertiary/aromatic N) is 2. The molecular weight excluding hydrogens is 362 g/mol. The minimum Gasteiger partial charge on any atom is -0.322 e. The molecular formula is C20H15N3O5. The van der Waals surface area contributed by atoms with E-state index in [1.807, 2.05) is 6.07 Å². The van der Waals surface area contributed by atoms with Gasteiger partial charge < -0.3 is 9.88 Å². The molecule has 1 heterocycles. The van der Waals surface area contributed by atoms with Gasteiger partial charge in [0.15, 0.2) is 5.78 Å². The number of benzene rings is 2. The van der Waals surface area contributed by atoms with Crippen molar-refractivity contribution in [2.75, 3.05) is 5.32 Å². The van der Waals surface area contributed by atoms with E-state index in [0.29, 0.717) is 16.8 Å². The van der Waals surface area contributed by atoms with Crippen LogP contribution in [0.3, 0.4) is 0 Å². The normalized spacial score (nSPS) is 10.3. The number of ketones is 1. The molecule has 2 aromatic carbocycles. The van der Waals surface area contributed by atoms with Crippen molar-refractivity contribution in [3.05, 3.63) is 105 Å². The summed E-state index contributed by atoms with van der Waals surface area (Å²) >= 11 is 0. The van der Waals surface area contributed by atoms with Gasteiger partial charge in [0.05, 0.1) is 17.7 Å². The highest BCUT2D eigenvalue weighted by atomic mass is 16.6.